The molecule has 6 nitrogen and oxygen atoms in total. The minimum Gasteiger partial charge on any atom is -0.337 e. The number of hydrogen-bond donors (Lipinski definition) is 3. The number of carbonyl (C=O) groups excluding carboxylic acids is 2. The molecule has 0 atom stereocenters. The number of nitrogens with one attached hydrogen (secondary N) is 3. The molecule has 3 N–H and O–H groups in total. The van der Waals surface area contributed by atoms with Gasteiger partial charge in [0.05, 0.1) is 16.9 Å². The Bertz CT molecular complexity index is 1040. The molecule has 0 fully saturated rings. The van der Waals surface area contributed by atoms with E-state index in [9.17, 15) is 18.4 Å². The Kier molecular flexibility index (Phi) is 5.59. The number of nitrogens with zero attached hydrogens (tertiary/aromatic N) is 1. The molecule has 2 aromatic carbocycles. The number of carbonyl (C=O) groups is 2. The first-order valence-electron chi connectivity index (χ1n) is 8.29. The van der Waals surface area contributed by atoms with Crippen LogP contribution in [0.5, 0.6) is 0 Å². The Morgan fingerprint density at radius 1 is 0.893 bits per heavy atom. The van der Waals surface area contributed by atoms with Gasteiger partial charge in [-0.2, -0.15) is 0 Å². The minimum atomic E-state index is -0.628. The van der Waals surface area contributed by atoms with Crippen LogP contribution in [0.15, 0.2) is 60.8 Å². The fourth-order valence-electron chi connectivity index (χ4n) is 2.47. The highest BCUT2D eigenvalue weighted by atomic mass is 19.1. The molecule has 1 heterocycles. The third-order valence-electron chi connectivity index (χ3n) is 3.71. The van der Waals surface area contributed by atoms with Gasteiger partial charge in [-0.15, -0.1) is 0 Å². The lowest BCUT2D eigenvalue weighted by Gasteiger charge is -2.12. The molecule has 0 aliphatic carbocycles. The molecule has 1 aromatic heterocycles. The molecule has 0 bridgehead atoms. The highest BCUT2D eigenvalue weighted by Crippen LogP contribution is 2.23. The zero-order valence-corrected chi connectivity index (χ0v) is 14.8. The van der Waals surface area contributed by atoms with Crippen molar-refractivity contribution in [3.63, 3.8) is 0 Å². The number of amides is 2. The summed E-state index contributed by atoms with van der Waals surface area (Å²) in [5, 5.41) is 7.74. The molecule has 0 aliphatic rings. The summed E-state index contributed by atoms with van der Waals surface area (Å²) in [4.78, 5) is 27.9. The van der Waals surface area contributed by atoms with Crippen molar-refractivity contribution in [3.8, 4) is 0 Å². The Morgan fingerprint density at radius 3 is 2.39 bits per heavy atom. The average Bonchev–Trinajstić information content (AvgIpc) is 2.66. The normalized spacial score (nSPS) is 10.2. The minimum absolute atomic E-state index is 0.0545. The lowest BCUT2D eigenvalue weighted by atomic mass is 10.2. The fraction of sp³-hybridized carbons (Fsp3) is 0.0500. The van der Waals surface area contributed by atoms with E-state index in [-0.39, 0.29) is 28.4 Å². The maximum absolute atomic E-state index is 13.9. The zero-order valence-electron chi connectivity index (χ0n) is 14.8. The van der Waals surface area contributed by atoms with E-state index >= 15 is 0 Å². The van der Waals surface area contributed by atoms with Crippen molar-refractivity contribution in [2.75, 3.05) is 16.0 Å². The van der Waals surface area contributed by atoms with Crippen LogP contribution in [0.25, 0.3) is 0 Å². The number of pyridine rings is 1. The van der Waals surface area contributed by atoms with Gasteiger partial charge in [-0.3, -0.25) is 9.59 Å². The second kappa shape index (κ2) is 8.26. The van der Waals surface area contributed by atoms with Crippen molar-refractivity contribution in [3.05, 3.63) is 78.0 Å². The smallest absolute Gasteiger partial charge is 0.259 e. The number of para-hydroxylation sites is 1. The van der Waals surface area contributed by atoms with E-state index in [1.54, 1.807) is 18.2 Å². The lowest BCUT2D eigenvalue weighted by Crippen LogP contribution is -2.15. The fourth-order valence-corrected chi connectivity index (χ4v) is 2.47. The zero-order chi connectivity index (χ0) is 20.1. The van der Waals surface area contributed by atoms with Gasteiger partial charge in [-0.1, -0.05) is 12.1 Å². The van der Waals surface area contributed by atoms with Crippen LogP contribution in [0.2, 0.25) is 0 Å². The number of rotatable bonds is 5. The van der Waals surface area contributed by atoms with Gasteiger partial charge in [0.2, 0.25) is 5.91 Å². The third-order valence-corrected chi connectivity index (χ3v) is 3.71. The van der Waals surface area contributed by atoms with E-state index in [4.69, 9.17) is 0 Å². The lowest BCUT2D eigenvalue weighted by molar-refractivity contribution is -0.114. The van der Waals surface area contributed by atoms with Crippen LogP contribution in [-0.4, -0.2) is 16.8 Å². The van der Waals surface area contributed by atoms with Gasteiger partial charge in [0.15, 0.2) is 0 Å². The topological polar surface area (TPSA) is 83.1 Å². The van der Waals surface area contributed by atoms with Gasteiger partial charge in [0.1, 0.15) is 17.5 Å². The van der Waals surface area contributed by atoms with Crippen molar-refractivity contribution in [2.45, 2.75) is 6.92 Å². The van der Waals surface area contributed by atoms with Gasteiger partial charge in [0.25, 0.3) is 5.91 Å². The number of benzene rings is 2. The summed E-state index contributed by atoms with van der Waals surface area (Å²) >= 11 is 0. The summed E-state index contributed by atoms with van der Waals surface area (Å²) in [6.07, 6.45) is 1.47. The van der Waals surface area contributed by atoms with Crippen LogP contribution in [0.4, 0.5) is 31.7 Å². The van der Waals surface area contributed by atoms with Crippen LogP contribution in [0.1, 0.15) is 17.3 Å². The second-order valence-electron chi connectivity index (χ2n) is 5.83. The molecule has 3 rings (SSSR count). The largest absolute Gasteiger partial charge is 0.337 e. The van der Waals surface area contributed by atoms with Crippen LogP contribution in [0.3, 0.4) is 0 Å². The number of hydrogen-bond acceptors (Lipinski definition) is 4. The van der Waals surface area contributed by atoms with Gasteiger partial charge >= 0.3 is 0 Å². The predicted octanol–water partition coefficient (Wildman–Crippen LogP) is 4.31. The molecular formula is C20H16F2N4O2. The van der Waals surface area contributed by atoms with E-state index in [2.05, 4.69) is 20.9 Å². The predicted molar refractivity (Wildman–Crippen MR) is 103 cm³/mol. The summed E-state index contributed by atoms with van der Waals surface area (Å²) in [5.41, 5.74) is 0.554. The van der Waals surface area contributed by atoms with Crippen molar-refractivity contribution in [2.24, 2.45) is 0 Å². The molecule has 0 saturated carbocycles. The molecule has 3 aromatic rings. The van der Waals surface area contributed by atoms with E-state index < -0.39 is 23.4 Å². The van der Waals surface area contributed by atoms with Crippen LogP contribution < -0.4 is 16.0 Å². The first kappa shape index (κ1) is 19.0. The summed E-state index contributed by atoms with van der Waals surface area (Å²) in [6.45, 7) is 1.25. The Balaban J connectivity index is 1.84. The molecule has 2 amide bonds. The van der Waals surface area contributed by atoms with Crippen molar-refractivity contribution >= 4 is 34.7 Å². The first-order valence-corrected chi connectivity index (χ1v) is 8.29. The number of anilines is 4. The highest BCUT2D eigenvalue weighted by molar-refractivity contribution is 6.08. The standard InChI is InChI=1S/C20H16F2N4O2/c1-12(27)24-18-11-13(8-9-16(18)22)25-20(28)14-5-4-10-23-19(14)26-17-7-3-2-6-15(17)21/h2-11H,1H3,(H,23,26)(H,24,27)(H,25,28). The SMILES string of the molecule is CC(=O)Nc1cc(NC(=O)c2cccnc2Nc2ccccc2F)ccc1F. The van der Waals surface area contributed by atoms with Crippen LogP contribution in [-0.2, 0) is 4.79 Å². The van der Waals surface area contributed by atoms with Gasteiger partial charge in [-0.25, -0.2) is 13.8 Å². The molecule has 28 heavy (non-hydrogen) atoms. The Morgan fingerprint density at radius 2 is 1.64 bits per heavy atom. The van der Waals surface area contributed by atoms with E-state index in [0.29, 0.717) is 0 Å². The second-order valence-corrected chi connectivity index (χ2v) is 5.83. The van der Waals surface area contributed by atoms with Crippen molar-refractivity contribution in [1.29, 1.82) is 0 Å². The highest BCUT2D eigenvalue weighted by Gasteiger charge is 2.15. The quantitative estimate of drug-likeness (QED) is 0.614. The molecule has 0 unspecified atom stereocenters. The molecule has 0 saturated heterocycles. The summed E-state index contributed by atoms with van der Waals surface area (Å²) in [5.74, 6) is -1.93. The first-order chi connectivity index (χ1) is 13.4. The summed E-state index contributed by atoms with van der Waals surface area (Å²) in [7, 11) is 0. The van der Waals surface area contributed by atoms with Crippen LogP contribution >= 0.6 is 0 Å². The molecular weight excluding hydrogens is 366 g/mol. The van der Waals surface area contributed by atoms with E-state index in [1.165, 1.54) is 43.5 Å². The van der Waals surface area contributed by atoms with E-state index in [0.717, 1.165) is 6.07 Å². The summed E-state index contributed by atoms with van der Waals surface area (Å²) < 4.78 is 27.6. The molecule has 0 spiro atoms. The number of aromatic nitrogens is 1. The van der Waals surface area contributed by atoms with Gasteiger partial charge in [-0.05, 0) is 42.5 Å². The monoisotopic (exact) mass is 382 g/mol. The Labute approximate surface area is 159 Å². The molecule has 8 heteroatoms. The molecule has 142 valence electrons. The molecule has 0 aliphatic heterocycles. The van der Waals surface area contributed by atoms with Crippen LogP contribution in [0, 0.1) is 11.6 Å². The maximum Gasteiger partial charge on any atom is 0.259 e. The number of halogens is 2. The summed E-state index contributed by atoms with van der Waals surface area (Å²) in [6, 6.07) is 12.9. The van der Waals surface area contributed by atoms with Gasteiger partial charge in [0, 0.05) is 18.8 Å². The Hall–Kier alpha value is -3.81. The maximum atomic E-state index is 13.9. The van der Waals surface area contributed by atoms with Crippen molar-refractivity contribution < 1.29 is 18.4 Å². The van der Waals surface area contributed by atoms with Gasteiger partial charge < -0.3 is 16.0 Å². The van der Waals surface area contributed by atoms with E-state index in [1.807, 2.05) is 0 Å². The third kappa shape index (κ3) is 4.47. The average molecular weight is 382 g/mol. The van der Waals surface area contributed by atoms with Crippen molar-refractivity contribution in [1.82, 2.24) is 4.98 Å². The molecule has 0 radical (unpaired) electrons.